The van der Waals surface area contributed by atoms with E-state index < -0.39 is 20.2 Å². The number of rotatable bonds is 8. The van der Waals surface area contributed by atoms with E-state index in [1.54, 1.807) is 0 Å². The van der Waals surface area contributed by atoms with Gasteiger partial charge in [-0.05, 0) is 24.0 Å². The van der Waals surface area contributed by atoms with Gasteiger partial charge in [-0.2, -0.15) is 16.8 Å². The van der Waals surface area contributed by atoms with E-state index in [0.717, 1.165) is 23.6 Å². The maximum atomic E-state index is 10.8. The number of hydrogen-bond acceptors (Lipinski definition) is 6. The second-order valence-corrected chi connectivity index (χ2v) is 7.66. The molecule has 1 aromatic carbocycles. The van der Waals surface area contributed by atoms with Crippen molar-refractivity contribution in [2.75, 3.05) is 25.7 Å². The Morgan fingerprint density at radius 3 is 1.30 bits per heavy atom. The fourth-order valence-electron chi connectivity index (χ4n) is 1.49. The van der Waals surface area contributed by atoms with Gasteiger partial charge in [0.15, 0.2) is 0 Å². The summed E-state index contributed by atoms with van der Waals surface area (Å²) in [6, 6.07) is 7.39. The molecule has 0 amide bonds. The molecule has 1 rings (SSSR count). The standard InChI is InChI=1S/C12H18O6S2/c1-19(13,14)17-9-7-11-3-5-12(6-4-11)8-10-18-20(2,15)16/h3-6H,7-10H2,1-2H3. The molecule has 0 aliphatic carbocycles. The highest BCUT2D eigenvalue weighted by Gasteiger charge is 2.03. The average molecular weight is 322 g/mol. The molecular weight excluding hydrogens is 304 g/mol. The summed E-state index contributed by atoms with van der Waals surface area (Å²) in [4.78, 5) is 0. The van der Waals surface area contributed by atoms with Gasteiger partial charge in [-0.3, -0.25) is 8.37 Å². The zero-order chi connectivity index (χ0) is 15.2. The lowest BCUT2D eigenvalue weighted by atomic mass is 10.1. The molecular formula is C12H18O6S2. The zero-order valence-corrected chi connectivity index (χ0v) is 13.0. The lowest BCUT2D eigenvalue weighted by Gasteiger charge is -2.05. The first-order chi connectivity index (χ1) is 9.16. The van der Waals surface area contributed by atoms with Gasteiger partial charge in [0, 0.05) is 0 Å². The molecule has 114 valence electrons. The van der Waals surface area contributed by atoms with Gasteiger partial charge in [0.05, 0.1) is 25.7 Å². The summed E-state index contributed by atoms with van der Waals surface area (Å²) in [5, 5.41) is 0. The van der Waals surface area contributed by atoms with Crippen LogP contribution in [0, 0.1) is 0 Å². The van der Waals surface area contributed by atoms with Crippen LogP contribution in [0.1, 0.15) is 11.1 Å². The summed E-state index contributed by atoms with van der Waals surface area (Å²) in [6.45, 7) is 0.213. The Morgan fingerprint density at radius 2 is 1.05 bits per heavy atom. The molecule has 0 radical (unpaired) electrons. The molecule has 0 saturated heterocycles. The van der Waals surface area contributed by atoms with Crippen molar-refractivity contribution in [2.24, 2.45) is 0 Å². The van der Waals surface area contributed by atoms with Crippen molar-refractivity contribution in [3.05, 3.63) is 35.4 Å². The Morgan fingerprint density at radius 1 is 0.750 bits per heavy atom. The molecule has 1 aromatic rings. The SMILES string of the molecule is CS(=O)(=O)OCCc1ccc(CCOS(C)(=O)=O)cc1. The minimum atomic E-state index is -3.40. The fraction of sp³-hybridized carbons (Fsp3) is 0.500. The molecule has 0 bridgehead atoms. The molecule has 0 aliphatic heterocycles. The van der Waals surface area contributed by atoms with Crippen LogP contribution in [0.2, 0.25) is 0 Å². The van der Waals surface area contributed by atoms with Crippen LogP contribution in [0.15, 0.2) is 24.3 Å². The van der Waals surface area contributed by atoms with Crippen molar-refractivity contribution < 1.29 is 25.2 Å². The first-order valence-corrected chi connectivity index (χ1v) is 9.56. The molecule has 0 heterocycles. The summed E-state index contributed by atoms with van der Waals surface area (Å²) in [5.74, 6) is 0. The highest BCUT2D eigenvalue weighted by Crippen LogP contribution is 2.07. The van der Waals surface area contributed by atoms with Crippen LogP contribution in [0.25, 0.3) is 0 Å². The van der Waals surface area contributed by atoms with Crippen molar-refractivity contribution in [1.29, 1.82) is 0 Å². The van der Waals surface area contributed by atoms with Crippen LogP contribution in [0.5, 0.6) is 0 Å². The normalized spacial score (nSPS) is 12.5. The van der Waals surface area contributed by atoms with Crippen molar-refractivity contribution in [2.45, 2.75) is 12.8 Å². The van der Waals surface area contributed by atoms with Crippen molar-refractivity contribution in [3.8, 4) is 0 Å². The molecule has 20 heavy (non-hydrogen) atoms. The van der Waals surface area contributed by atoms with Crippen LogP contribution in [-0.4, -0.2) is 42.6 Å². The van der Waals surface area contributed by atoms with E-state index in [2.05, 4.69) is 8.37 Å². The third kappa shape index (κ3) is 8.26. The summed E-state index contributed by atoms with van der Waals surface area (Å²) >= 11 is 0. The number of hydrogen-bond donors (Lipinski definition) is 0. The molecule has 0 fully saturated rings. The van der Waals surface area contributed by atoms with Gasteiger partial charge in [0.2, 0.25) is 0 Å². The smallest absolute Gasteiger partial charge is 0.264 e. The van der Waals surface area contributed by atoms with E-state index in [-0.39, 0.29) is 13.2 Å². The lowest BCUT2D eigenvalue weighted by Crippen LogP contribution is -2.07. The van der Waals surface area contributed by atoms with Crippen LogP contribution in [-0.2, 0) is 41.4 Å². The maximum absolute atomic E-state index is 10.8. The van der Waals surface area contributed by atoms with Crippen molar-refractivity contribution in [1.82, 2.24) is 0 Å². The van der Waals surface area contributed by atoms with Gasteiger partial charge in [0.25, 0.3) is 20.2 Å². The topological polar surface area (TPSA) is 86.7 Å². The van der Waals surface area contributed by atoms with Gasteiger partial charge < -0.3 is 0 Å². The van der Waals surface area contributed by atoms with E-state index in [9.17, 15) is 16.8 Å². The van der Waals surface area contributed by atoms with Crippen LogP contribution in [0.4, 0.5) is 0 Å². The van der Waals surface area contributed by atoms with E-state index >= 15 is 0 Å². The van der Waals surface area contributed by atoms with Crippen molar-refractivity contribution in [3.63, 3.8) is 0 Å². The Hall–Kier alpha value is -0.960. The number of benzene rings is 1. The molecule has 0 aromatic heterocycles. The maximum Gasteiger partial charge on any atom is 0.264 e. The quantitative estimate of drug-likeness (QED) is 0.656. The molecule has 0 spiro atoms. The Bertz CT molecular complexity index is 559. The Balaban J connectivity index is 2.40. The van der Waals surface area contributed by atoms with Crippen molar-refractivity contribution >= 4 is 20.2 Å². The van der Waals surface area contributed by atoms with Gasteiger partial charge in [-0.1, -0.05) is 24.3 Å². The predicted molar refractivity (Wildman–Crippen MR) is 75.4 cm³/mol. The summed E-state index contributed by atoms with van der Waals surface area (Å²) in [6.07, 6.45) is 3.01. The largest absolute Gasteiger partial charge is 0.270 e. The molecule has 6 nitrogen and oxygen atoms in total. The Labute approximate surface area is 120 Å². The van der Waals surface area contributed by atoms with Gasteiger partial charge >= 0.3 is 0 Å². The van der Waals surface area contributed by atoms with Crippen LogP contribution in [0.3, 0.4) is 0 Å². The predicted octanol–water partition coefficient (Wildman–Crippen LogP) is 0.724. The molecule has 8 heteroatoms. The van der Waals surface area contributed by atoms with Crippen LogP contribution < -0.4 is 0 Å². The minimum absolute atomic E-state index is 0.107. The summed E-state index contributed by atoms with van der Waals surface area (Å²) in [7, 11) is -6.80. The van der Waals surface area contributed by atoms with Gasteiger partial charge in [-0.15, -0.1) is 0 Å². The minimum Gasteiger partial charge on any atom is -0.270 e. The molecule has 0 aliphatic rings. The molecule has 0 saturated carbocycles. The van der Waals surface area contributed by atoms with E-state index in [0.29, 0.717) is 12.8 Å². The van der Waals surface area contributed by atoms with Crippen LogP contribution >= 0.6 is 0 Å². The second kappa shape index (κ2) is 7.16. The fourth-order valence-corrected chi connectivity index (χ4v) is 2.27. The third-order valence-electron chi connectivity index (χ3n) is 2.40. The molecule has 0 atom stereocenters. The molecule has 0 N–H and O–H groups in total. The highest BCUT2D eigenvalue weighted by atomic mass is 32.2. The third-order valence-corrected chi connectivity index (χ3v) is 3.59. The first kappa shape index (κ1) is 17.1. The van der Waals surface area contributed by atoms with E-state index in [4.69, 9.17) is 0 Å². The first-order valence-electron chi connectivity index (χ1n) is 5.92. The van der Waals surface area contributed by atoms with E-state index in [1.165, 1.54) is 0 Å². The lowest BCUT2D eigenvalue weighted by molar-refractivity contribution is 0.324. The summed E-state index contributed by atoms with van der Waals surface area (Å²) in [5.41, 5.74) is 1.89. The second-order valence-electron chi connectivity index (χ2n) is 4.37. The van der Waals surface area contributed by atoms with Gasteiger partial charge in [0.1, 0.15) is 0 Å². The summed E-state index contributed by atoms with van der Waals surface area (Å²) < 4.78 is 52.5. The highest BCUT2D eigenvalue weighted by molar-refractivity contribution is 7.86. The average Bonchev–Trinajstić information content (AvgIpc) is 2.28. The van der Waals surface area contributed by atoms with Gasteiger partial charge in [-0.25, -0.2) is 0 Å². The zero-order valence-electron chi connectivity index (χ0n) is 11.4. The Kier molecular flexibility index (Phi) is 6.12. The van der Waals surface area contributed by atoms with E-state index in [1.807, 2.05) is 24.3 Å². The monoisotopic (exact) mass is 322 g/mol. The molecule has 0 unspecified atom stereocenters.